The van der Waals surface area contributed by atoms with Crippen LogP contribution >= 0.6 is 27.5 Å². The Morgan fingerprint density at radius 1 is 1.04 bits per heavy atom. The van der Waals surface area contributed by atoms with Crippen molar-refractivity contribution in [2.75, 3.05) is 18.4 Å². The fraction of sp³-hybridized carbons (Fsp3) is 0.222. The first kappa shape index (κ1) is 17.0. The van der Waals surface area contributed by atoms with Gasteiger partial charge in [-0.25, -0.2) is 0 Å². The summed E-state index contributed by atoms with van der Waals surface area (Å²) in [5, 5.41) is 3.18. The van der Waals surface area contributed by atoms with Crippen molar-refractivity contribution < 1.29 is 9.59 Å². The van der Waals surface area contributed by atoms with Crippen LogP contribution in [0.4, 0.5) is 5.69 Å². The van der Waals surface area contributed by atoms with Crippen molar-refractivity contribution in [3.8, 4) is 0 Å². The lowest BCUT2D eigenvalue weighted by Gasteiger charge is -2.15. The minimum atomic E-state index is -0.292. The molecule has 1 heterocycles. The summed E-state index contributed by atoms with van der Waals surface area (Å²) in [6, 6.07) is 12.0. The number of hydrogen-bond acceptors (Lipinski definition) is 2. The van der Waals surface area contributed by atoms with Gasteiger partial charge in [-0.3, -0.25) is 9.59 Å². The van der Waals surface area contributed by atoms with E-state index in [0.717, 1.165) is 30.4 Å². The van der Waals surface area contributed by atoms with Crippen LogP contribution in [-0.2, 0) is 0 Å². The lowest BCUT2D eigenvalue weighted by Crippen LogP contribution is -2.27. The van der Waals surface area contributed by atoms with Gasteiger partial charge in [0.25, 0.3) is 11.8 Å². The average molecular weight is 408 g/mol. The van der Waals surface area contributed by atoms with E-state index in [2.05, 4.69) is 21.2 Å². The lowest BCUT2D eigenvalue weighted by atomic mass is 10.1. The number of amides is 2. The number of nitrogens with one attached hydrogen (secondary N) is 1. The number of carbonyl (C=O) groups excluding carboxylic acids is 2. The summed E-state index contributed by atoms with van der Waals surface area (Å²) in [5.74, 6) is -0.250. The molecule has 0 aliphatic carbocycles. The third kappa shape index (κ3) is 3.79. The van der Waals surface area contributed by atoms with E-state index in [-0.39, 0.29) is 11.8 Å². The quantitative estimate of drug-likeness (QED) is 0.809. The van der Waals surface area contributed by atoms with Gasteiger partial charge >= 0.3 is 0 Å². The zero-order chi connectivity index (χ0) is 17.1. The second kappa shape index (κ2) is 7.36. The maximum atomic E-state index is 12.3. The first-order valence-corrected chi connectivity index (χ1v) is 8.87. The first-order chi connectivity index (χ1) is 11.5. The van der Waals surface area contributed by atoms with Crippen LogP contribution in [0.15, 0.2) is 46.9 Å². The molecule has 2 aromatic rings. The smallest absolute Gasteiger partial charge is 0.257 e. The normalized spacial score (nSPS) is 13.8. The highest BCUT2D eigenvalue weighted by molar-refractivity contribution is 9.10. The van der Waals surface area contributed by atoms with Crippen molar-refractivity contribution in [1.82, 2.24) is 4.90 Å². The van der Waals surface area contributed by atoms with Crippen molar-refractivity contribution >= 4 is 45.0 Å². The standard InChI is InChI=1S/C18H16BrClN2O2/c19-13-5-8-16(20)15(11-13)17(23)21-14-6-3-12(4-7-14)18(24)22-9-1-2-10-22/h3-8,11H,1-2,9-10H2,(H,21,23). The molecule has 124 valence electrons. The molecular formula is C18H16BrClN2O2. The molecule has 0 saturated carbocycles. The molecule has 1 aliphatic rings. The molecular weight excluding hydrogens is 392 g/mol. The minimum absolute atomic E-state index is 0.0420. The molecule has 0 bridgehead atoms. The van der Waals surface area contributed by atoms with Gasteiger partial charge in [0.1, 0.15) is 0 Å². The van der Waals surface area contributed by atoms with Gasteiger partial charge in [-0.15, -0.1) is 0 Å². The Morgan fingerprint density at radius 2 is 1.71 bits per heavy atom. The Labute approximate surface area is 153 Å². The van der Waals surface area contributed by atoms with E-state index >= 15 is 0 Å². The van der Waals surface area contributed by atoms with Gasteiger partial charge in [-0.1, -0.05) is 27.5 Å². The number of benzene rings is 2. The van der Waals surface area contributed by atoms with Crippen LogP contribution in [0.5, 0.6) is 0 Å². The van der Waals surface area contributed by atoms with Crippen molar-refractivity contribution in [2.24, 2.45) is 0 Å². The van der Waals surface area contributed by atoms with Crippen LogP contribution in [0, 0.1) is 0 Å². The number of anilines is 1. The van der Waals surface area contributed by atoms with E-state index in [1.54, 1.807) is 42.5 Å². The van der Waals surface area contributed by atoms with Crippen LogP contribution in [0.1, 0.15) is 33.6 Å². The molecule has 0 radical (unpaired) electrons. The van der Waals surface area contributed by atoms with Crippen LogP contribution in [0.2, 0.25) is 5.02 Å². The Kier molecular flexibility index (Phi) is 5.21. The van der Waals surface area contributed by atoms with E-state index in [4.69, 9.17) is 11.6 Å². The second-order valence-corrected chi connectivity index (χ2v) is 6.98. The summed E-state index contributed by atoms with van der Waals surface area (Å²) in [5.41, 5.74) is 1.65. The maximum Gasteiger partial charge on any atom is 0.257 e. The molecule has 24 heavy (non-hydrogen) atoms. The summed E-state index contributed by atoms with van der Waals surface area (Å²) < 4.78 is 0.781. The summed E-state index contributed by atoms with van der Waals surface area (Å²) in [7, 11) is 0. The van der Waals surface area contributed by atoms with Gasteiger partial charge in [0.05, 0.1) is 10.6 Å². The number of halogens is 2. The lowest BCUT2D eigenvalue weighted by molar-refractivity contribution is 0.0792. The number of hydrogen-bond donors (Lipinski definition) is 1. The second-order valence-electron chi connectivity index (χ2n) is 5.65. The molecule has 0 aromatic heterocycles. The third-order valence-corrected chi connectivity index (χ3v) is 4.78. The van der Waals surface area contributed by atoms with Gasteiger partial charge < -0.3 is 10.2 Å². The molecule has 1 saturated heterocycles. The van der Waals surface area contributed by atoms with Gasteiger partial charge in [0.15, 0.2) is 0 Å². The molecule has 2 aromatic carbocycles. The predicted octanol–water partition coefficient (Wildman–Crippen LogP) is 4.59. The molecule has 0 atom stereocenters. The zero-order valence-electron chi connectivity index (χ0n) is 12.9. The van der Waals surface area contributed by atoms with Crippen molar-refractivity contribution in [1.29, 1.82) is 0 Å². The molecule has 1 fully saturated rings. The Balaban J connectivity index is 1.70. The Morgan fingerprint density at radius 3 is 2.38 bits per heavy atom. The fourth-order valence-electron chi connectivity index (χ4n) is 2.67. The minimum Gasteiger partial charge on any atom is -0.339 e. The van der Waals surface area contributed by atoms with Gasteiger partial charge in [-0.2, -0.15) is 0 Å². The van der Waals surface area contributed by atoms with Crippen LogP contribution in [0.3, 0.4) is 0 Å². The van der Waals surface area contributed by atoms with Gasteiger partial charge in [0.2, 0.25) is 0 Å². The van der Waals surface area contributed by atoms with Crippen LogP contribution in [-0.4, -0.2) is 29.8 Å². The largest absolute Gasteiger partial charge is 0.339 e. The number of nitrogens with zero attached hydrogens (tertiary/aromatic N) is 1. The molecule has 1 aliphatic heterocycles. The maximum absolute atomic E-state index is 12.3. The first-order valence-electron chi connectivity index (χ1n) is 7.70. The van der Waals surface area contributed by atoms with E-state index in [1.807, 2.05) is 4.90 Å². The van der Waals surface area contributed by atoms with E-state index in [9.17, 15) is 9.59 Å². The number of rotatable bonds is 3. The highest BCUT2D eigenvalue weighted by Gasteiger charge is 2.19. The van der Waals surface area contributed by atoms with Crippen LogP contribution < -0.4 is 5.32 Å². The summed E-state index contributed by atoms with van der Waals surface area (Å²) in [6.45, 7) is 1.64. The molecule has 3 rings (SSSR count). The summed E-state index contributed by atoms with van der Waals surface area (Å²) >= 11 is 9.39. The summed E-state index contributed by atoms with van der Waals surface area (Å²) in [4.78, 5) is 26.5. The SMILES string of the molecule is O=C(Nc1ccc(C(=O)N2CCCC2)cc1)c1cc(Br)ccc1Cl. The van der Waals surface area contributed by atoms with Crippen LogP contribution in [0.25, 0.3) is 0 Å². The van der Waals surface area contributed by atoms with E-state index in [0.29, 0.717) is 21.8 Å². The van der Waals surface area contributed by atoms with Gasteiger partial charge in [0, 0.05) is 28.8 Å². The predicted molar refractivity (Wildman–Crippen MR) is 98.7 cm³/mol. The Bertz CT molecular complexity index is 771. The topological polar surface area (TPSA) is 49.4 Å². The molecule has 0 spiro atoms. The monoisotopic (exact) mass is 406 g/mol. The third-order valence-electron chi connectivity index (χ3n) is 3.96. The fourth-order valence-corrected chi connectivity index (χ4v) is 3.23. The number of likely N-dealkylation sites (tertiary alicyclic amines) is 1. The summed E-state index contributed by atoms with van der Waals surface area (Å²) in [6.07, 6.45) is 2.13. The van der Waals surface area contributed by atoms with E-state index in [1.165, 1.54) is 0 Å². The Hall–Kier alpha value is -1.85. The molecule has 2 amide bonds. The molecule has 1 N–H and O–H groups in total. The van der Waals surface area contributed by atoms with Crippen molar-refractivity contribution in [3.05, 3.63) is 63.1 Å². The average Bonchev–Trinajstić information content (AvgIpc) is 3.11. The molecule has 0 unspecified atom stereocenters. The molecule has 6 heteroatoms. The zero-order valence-corrected chi connectivity index (χ0v) is 15.2. The highest BCUT2D eigenvalue weighted by Crippen LogP contribution is 2.22. The van der Waals surface area contributed by atoms with Gasteiger partial charge in [-0.05, 0) is 55.3 Å². The number of carbonyl (C=O) groups is 2. The van der Waals surface area contributed by atoms with Crippen molar-refractivity contribution in [3.63, 3.8) is 0 Å². The van der Waals surface area contributed by atoms with Crippen molar-refractivity contribution in [2.45, 2.75) is 12.8 Å². The highest BCUT2D eigenvalue weighted by atomic mass is 79.9. The van der Waals surface area contributed by atoms with E-state index < -0.39 is 0 Å². The molecule has 4 nitrogen and oxygen atoms in total.